The Morgan fingerprint density at radius 3 is 2.67 bits per heavy atom. The maximum atomic E-state index is 14.9. The van der Waals surface area contributed by atoms with Crippen molar-refractivity contribution in [2.24, 2.45) is 5.41 Å². The molecule has 9 heteroatoms. The summed E-state index contributed by atoms with van der Waals surface area (Å²) in [5.74, 6) is 1.43. The van der Waals surface area contributed by atoms with E-state index >= 15 is 0 Å². The summed E-state index contributed by atoms with van der Waals surface area (Å²) < 4.78 is 17.2. The van der Waals surface area contributed by atoms with Gasteiger partial charge in [0.25, 0.3) is 0 Å². The summed E-state index contributed by atoms with van der Waals surface area (Å²) in [7, 11) is 0. The fourth-order valence-corrected chi connectivity index (χ4v) is 6.56. The minimum absolute atomic E-state index is 0.251. The summed E-state index contributed by atoms with van der Waals surface area (Å²) in [5, 5.41) is 3.17. The molecule has 210 valence electrons. The number of piperidine rings is 1. The van der Waals surface area contributed by atoms with Crippen LogP contribution in [0.25, 0.3) is 22.3 Å². The summed E-state index contributed by atoms with van der Waals surface area (Å²) >= 11 is 0. The van der Waals surface area contributed by atoms with E-state index < -0.39 is 5.82 Å². The molecule has 2 atom stereocenters. The Kier molecular flexibility index (Phi) is 7.16. The average Bonchev–Trinajstić information content (AvgIpc) is 3.53. The SMILES string of the molecule is CCC(C)n1c(C)nc2ccc(-c3nc(Nc4ccc(N5CCC6(CCCN(CC)C6)C5)cn4)ncc3F)cc21. The number of halogens is 1. The Balaban J connectivity index is 1.19. The molecule has 0 saturated carbocycles. The summed E-state index contributed by atoms with van der Waals surface area (Å²) in [4.78, 5) is 23.1. The maximum absolute atomic E-state index is 14.9. The molecule has 1 N–H and O–H groups in total. The molecule has 2 fully saturated rings. The second kappa shape index (κ2) is 10.8. The monoisotopic (exact) mass is 542 g/mol. The van der Waals surface area contributed by atoms with Crippen LogP contribution >= 0.6 is 0 Å². The fourth-order valence-electron chi connectivity index (χ4n) is 6.56. The summed E-state index contributed by atoms with van der Waals surface area (Å²) in [6.45, 7) is 14.3. The number of hydrogen-bond acceptors (Lipinski definition) is 7. The third-order valence-corrected chi connectivity index (χ3v) is 8.89. The third-order valence-electron chi connectivity index (χ3n) is 8.89. The molecule has 2 aliphatic rings. The largest absolute Gasteiger partial charge is 0.370 e. The molecule has 8 nitrogen and oxygen atoms in total. The van der Waals surface area contributed by atoms with Gasteiger partial charge in [-0.05, 0) is 76.9 Å². The van der Waals surface area contributed by atoms with E-state index in [4.69, 9.17) is 4.98 Å². The van der Waals surface area contributed by atoms with Crippen LogP contribution in [0.5, 0.6) is 0 Å². The molecule has 1 aromatic carbocycles. The zero-order valence-electron chi connectivity index (χ0n) is 24.0. The lowest BCUT2D eigenvalue weighted by molar-refractivity contribution is 0.110. The third kappa shape index (κ3) is 5.03. The van der Waals surface area contributed by atoms with Crippen LogP contribution in [0.3, 0.4) is 0 Å². The Morgan fingerprint density at radius 1 is 1.02 bits per heavy atom. The van der Waals surface area contributed by atoms with Crippen molar-refractivity contribution in [3.05, 3.63) is 54.4 Å². The van der Waals surface area contributed by atoms with Gasteiger partial charge in [0, 0.05) is 36.7 Å². The molecule has 40 heavy (non-hydrogen) atoms. The predicted molar refractivity (Wildman–Crippen MR) is 159 cm³/mol. The summed E-state index contributed by atoms with van der Waals surface area (Å²) in [6.07, 6.45) is 7.95. The van der Waals surface area contributed by atoms with Gasteiger partial charge in [-0.3, -0.25) is 0 Å². The first-order valence-corrected chi connectivity index (χ1v) is 14.6. The van der Waals surface area contributed by atoms with Crippen molar-refractivity contribution in [3.63, 3.8) is 0 Å². The number of aryl methyl sites for hydroxylation is 1. The smallest absolute Gasteiger partial charge is 0.229 e. The molecule has 5 heterocycles. The summed E-state index contributed by atoms with van der Waals surface area (Å²) in [6, 6.07) is 10.1. The first-order valence-electron chi connectivity index (χ1n) is 14.6. The molecule has 2 saturated heterocycles. The van der Waals surface area contributed by atoms with Crippen LogP contribution < -0.4 is 10.2 Å². The molecule has 3 aromatic heterocycles. The van der Waals surface area contributed by atoms with Crippen molar-refractivity contribution in [2.45, 2.75) is 59.4 Å². The lowest BCUT2D eigenvalue weighted by atomic mass is 9.79. The van der Waals surface area contributed by atoms with Crippen LogP contribution in [0, 0.1) is 18.2 Å². The molecule has 1 spiro atoms. The normalized spacial score (nSPS) is 20.5. The number of nitrogens with zero attached hydrogens (tertiary/aromatic N) is 7. The van der Waals surface area contributed by atoms with Gasteiger partial charge in [0.15, 0.2) is 5.82 Å². The summed E-state index contributed by atoms with van der Waals surface area (Å²) in [5.41, 5.74) is 4.36. The van der Waals surface area contributed by atoms with E-state index in [9.17, 15) is 4.39 Å². The number of anilines is 3. The van der Waals surface area contributed by atoms with Gasteiger partial charge in [-0.15, -0.1) is 0 Å². The van der Waals surface area contributed by atoms with Crippen LogP contribution in [0.15, 0.2) is 42.7 Å². The van der Waals surface area contributed by atoms with Gasteiger partial charge in [0.05, 0.1) is 29.1 Å². The highest BCUT2D eigenvalue weighted by molar-refractivity contribution is 5.82. The molecule has 0 amide bonds. The predicted octanol–water partition coefficient (Wildman–Crippen LogP) is 6.36. The number of hydrogen-bond donors (Lipinski definition) is 1. The Labute approximate surface area is 235 Å². The fraction of sp³-hybridized carbons (Fsp3) is 0.484. The number of pyridine rings is 1. The molecule has 4 aromatic rings. The van der Waals surface area contributed by atoms with Gasteiger partial charge in [0.1, 0.15) is 17.3 Å². The van der Waals surface area contributed by atoms with Crippen LogP contribution in [0.1, 0.15) is 58.3 Å². The second-order valence-electron chi connectivity index (χ2n) is 11.6. The molecule has 0 bridgehead atoms. The highest BCUT2D eigenvalue weighted by Crippen LogP contribution is 2.40. The van der Waals surface area contributed by atoms with Crippen LogP contribution in [0.4, 0.5) is 21.8 Å². The zero-order chi connectivity index (χ0) is 27.9. The highest BCUT2D eigenvalue weighted by Gasteiger charge is 2.41. The highest BCUT2D eigenvalue weighted by atomic mass is 19.1. The number of imidazole rings is 1. The number of likely N-dealkylation sites (tertiary alicyclic amines) is 1. The second-order valence-corrected chi connectivity index (χ2v) is 11.6. The van der Waals surface area contributed by atoms with Gasteiger partial charge < -0.3 is 19.7 Å². The van der Waals surface area contributed by atoms with Crippen molar-refractivity contribution in [1.29, 1.82) is 0 Å². The van der Waals surface area contributed by atoms with Crippen LogP contribution in [-0.2, 0) is 0 Å². The lowest BCUT2D eigenvalue weighted by Gasteiger charge is -2.40. The number of fused-ring (bicyclic) bond motifs is 1. The number of nitrogens with one attached hydrogen (secondary N) is 1. The number of rotatable bonds is 7. The first kappa shape index (κ1) is 26.6. The molecule has 0 aliphatic carbocycles. The molecule has 2 aliphatic heterocycles. The average molecular weight is 543 g/mol. The Hall–Kier alpha value is -3.59. The Bertz CT molecular complexity index is 1500. The first-order chi connectivity index (χ1) is 19.4. The Morgan fingerprint density at radius 2 is 1.90 bits per heavy atom. The number of aromatic nitrogens is 5. The van der Waals surface area contributed by atoms with Crippen molar-refractivity contribution in [3.8, 4) is 11.3 Å². The molecular formula is C31H39FN8. The van der Waals surface area contributed by atoms with E-state index in [2.05, 4.69) is 61.5 Å². The molecule has 6 rings (SSSR count). The van der Waals surface area contributed by atoms with Gasteiger partial charge in [-0.25, -0.2) is 24.3 Å². The topological polar surface area (TPSA) is 75.0 Å². The van der Waals surface area contributed by atoms with Crippen molar-refractivity contribution in [1.82, 2.24) is 29.4 Å². The van der Waals surface area contributed by atoms with E-state index in [0.717, 1.165) is 48.6 Å². The zero-order valence-corrected chi connectivity index (χ0v) is 24.0. The maximum Gasteiger partial charge on any atom is 0.229 e. The van der Waals surface area contributed by atoms with E-state index in [1.807, 2.05) is 37.4 Å². The number of benzene rings is 1. The standard InChI is InChI=1S/C31H39FN8/c1-5-21(3)40-22(4)35-26-10-8-23(16-27(26)40)29-25(32)18-34-30(37-29)36-28-11-9-24(17-33-28)39-15-13-31(20-39)12-7-14-38(6-2)19-31/h8-11,16-18,21H,5-7,12-15,19-20H2,1-4H3,(H,33,34,36,37). The van der Waals surface area contributed by atoms with Crippen LogP contribution in [0.2, 0.25) is 0 Å². The minimum Gasteiger partial charge on any atom is -0.370 e. The van der Waals surface area contributed by atoms with Gasteiger partial charge in [0.2, 0.25) is 5.95 Å². The van der Waals surface area contributed by atoms with E-state index in [1.54, 1.807) is 0 Å². The lowest BCUT2D eigenvalue weighted by Crippen LogP contribution is -2.44. The van der Waals surface area contributed by atoms with Crippen molar-refractivity contribution >= 4 is 28.5 Å². The van der Waals surface area contributed by atoms with E-state index in [1.165, 1.54) is 38.5 Å². The molecular weight excluding hydrogens is 503 g/mol. The van der Waals surface area contributed by atoms with Gasteiger partial charge >= 0.3 is 0 Å². The molecule has 2 unspecified atom stereocenters. The van der Waals surface area contributed by atoms with Crippen LogP contribution in [-0.4, -0.2) is 62.1 Å². The van der Waals surface area contributed by atoms with E-state index in [-0.39, 0.29) is 5.69 Å². The quantitative estimate of drug-likeness (QED) is 0.291. The molecule has 0 radical (unpaired) electrons. The van der Waals surface area contributed by atoms with E-state index in [0.29, 0.717) is 28.8 Å². The van der Waals surface area contributed by atoms with Crippen molar-refractivity contribution < 1.29 is 4.39 Å². The van der Waals surface area contributed by atoms with Gasteiger partial charge in [-0.2, -0.15) is 0 Å². The van der Waals surface area contributed by atoms with Crippen molar-refractivity contribution in [2.75, 3.05) is 42.9 Å². The minimum atomic E-state index is -0.466. The van der Waals surface area contributed by atoms with Gasteiger partial charge in [-0.1, -0.05) is 19.9 Å².